The smallest absolute Gasteiger partial charge is 0.122 e. The van der Waals surface area contributed by atoms with Crippen molar-refractivity contribution in [3.63, 3.8) is 0 Å². The average Bonchev–Trinajstić information content (AvgIpc) is 2.07. The first-order valence-corrected chi connectivity index (χ1v) is 4.74. The molecule has 0 saturated carbocycles. The molecule has 72 valence electrons. The lowest BCUT2D eigenvalue weighted by Gasteiger charge is -2.14. The topological polar surface area (TPSA) is 20.2 Å². The van der Waals surface area contributed by atoms with Crippen molar-refractivity contribution in [2.24, 2.45) is 0 Å². The molecule has 0 heterocycles. The molecule has 0 aliphatic carbocycles. The lowest BCUT2D eigenvalue weighted by molar-refractivity contribution is 0.460. The van der Waals surface area contributed by atoms with Crippen molar-refractivity contribution in [3.05, 3.63) is 28.3 Å². The Morgan fingerprint density at radius 3 is 2.08 bits per heavy atom. The number of aryl methyl sites for hydroxylation is 1. The van der Waals surface area contributed by atoms with Gasteiger partial charge in [-0.05, 0) is 48.9 Å². The van der Waals surface area contributed by atoms with Crippen LogP contribution in [0, 0.1) is 20.8 Å². The Bertz CT molecular complexity index is 324. The Morgan fingerprint density at radius 2 is 1.62 bits per heavy atom. The van der Waals surface area contributed by atoms with E-state index in [1.807, 2.05) is 6.92 Å². The van der Waals surface area contributed by atoms with Gasteiger partial charge in [0, 0.05) is 0 Å². The first kappa shape index (κ1) is 10.1. The summed E-state index contributed by atoms with van der Waals surface area (Å²) in [5.41, 5.74) is 4.53. The fraction of sp³-hybridized carbons (Fsp3) is 0.500. The second kappa shape index (κ2) is 3.41. The molecule has 0 fully saturated rings. The molecule has 0 amide bonds. The van der Waals surface area contributed by atoms with Crippen molar-refractivity contribution < 1.29 is 5.11 Å². The minimum Gasteiger partial charge on any atom is -0.507 e. The summed E-state index contributed by atoms with van der Waals surface area (Å²) >= 11 is 0. The standard InChI is InChI=1S/C12H18O/c1-7(2)11-6-8(3)9(4)10(5)12(11)13/h6-7,13H,1-5H3. The van der Waals surface area contributed by atoms with Crippen LogP contribution in [0.2, 0.25) is 0 Å². The molecule has 0 aliphatic heterocycles. The monoisotopic (exact) mass is 178 g/mol. The van der Waals surface area contributed by atoms with E-state index in [1.165, 1.54) is 11.1 Å². The van der Waals surface area contributed by atoms with Gasteiger partial charge in [-0.1, -0.05) is 19.9 Å². The molecule has 1 heteroatoms. The third-order valence-electron chi connectivity index (χ3n) is 2.78. The van der Waals surface area contributed by atoms with Gasteiger partial charge < -0.3 is 5.11 Å². The van der Waals surface area contributed by atoms with E-state index >= 15 is 0 Å². The van der Waals surface area contributed by atoms with Crippen molar-refractivity contribution in [1.82, 2.24) is 0 Å². The van der Waals surface area contributed by atoms with Gasteiger partial charge in [-0.15, -0.1) is 0 Å². The second-order valence-electron chi connectivity index (χ2n) is 4.04. The van der Waals surface area contributed by atoms with E-state index in [4.69, 9.17) is 0 Å². The second-order valence-corrected chi connectivity index (χ2v) is 4.04. The van der Waals surface area contributed by atoms with Crippen molar-refractivity contribution in [2.75, 3.05) is 0 Å². The van der Waals surface area contributed by atoms with Crippen LogP contribution in [-0.4, -0.2) is 5.11 Å². The van der Waals surface area contributed by atoms with E-state index in [2.05, 4.69) is 33.8 Å². The predicted molar refractivity (Wildman–Crippen MR) is 56.4 cm³/mol. The van der Waals surface area contributed by atoms with Crippen LogP contribution in [0.4, 0.5) is 0 Å². The van der Waals surface area contributed by atoms with Gasteiger partial charge in [-0.2, -0.15) is 0 Å². The fourth-order valence-electron chi connectivity index (χ4n) is 1.54. The Labute approximate surface area is 80.4 Å². The highest BCUT2D eigenvalue weighted by atomic mass is 16.3. The molecular weight excluding hydrogens is 160 g/mol. The van der Waals surface area contributed by atoms with Gasteiger partial charge >= 0.3 is 0 Å². The maximum atomic E-state index is 9.87. The van der Waals surface area contributed by atoms with Crippen LogP contribution in [-0.2, 0) is 0 Å². The van der Waals surface area contributed by atoms with Crippen LogP contribution in [0.5, 0.6) is 5.75 Å². The Balaban J connectivity index is 3.41. The maximum absolute atomic E-state index is 9.87. The van der Waals surface area contributed by atoms with Crippen molar-refractivity contribution >= 4 is 0 Å². The Kier molecular flexibility index (Phi) is 2.65. The zero-order valence-corrected chi connectivity index (χ0v) is 9.10. The number of phenols is 1. The first-order chi connectivity index (χ1) is 5.95. The third kappa shape index (κ3) is 1.69. The van der Waals surface area contributed by atoms with E-state index in [1.54, 1.807) is 0 Å². The van der Waals surface area contributed by atoms with Gasteiger partial charge in [-0.25, -0.2) is 0 Å². The van der Waals surface area contributed by atoms with Gasteiger partial charge in [0.1, 0.15) is 5.75 Å². The highest BCUT2D eigenvalue weighted by molar-refractivity contribution is 5.49. The molecule has 0 bridgehead atoms. The fourth-order valence-corrected chi connectivity index (χ4v) is 1.54. The van der Waals surface area contributed by atoms with E-state index in [0.717, 1.165) is 11.1 Å². The minimum absolute atomic E-state index is 0.387. The molecular formula is C12H18O. The average molecular weight is 178 g/mol. The predicted octanol–water partition coefficient (Wildman–Crippen LogP) is 3.44. The Hall–Kier alpha value is -0.980. The first-order valence-electron chi connectivity index (χ1n) is 4.74. The molecule has 13 heavy (non-hydrogen) atoms. The summed E-state index contributed by atoms with van der Waals surface area (Å²) in [6, 6.07) is 2.09. The minimum atomic E-state index is 0.387. The molecule has 0 spiro atoms. The van der Waals surface area contributed by atoms with Crippen molar-refractivity contribution in [3.8, 4) is 5.75 Å². The van der Waals surface area contributed by atoms with Crippen LogP contribution in [0.15, 0.2) is 6.07 Å². The summed E-state index contributed by atoms with van der Waals surface area (Å²) in [6.07, 6.45) is 0. The highest BCUT2D eigenvalue weighted by Crippen LogP contribution is 2.32. The van der Waals surface area contributed by atoms with Crippen molar-refractivity contribution in [1.29, 1.82) is 0 Å². The van der Waals surface area contributed by atoms with E-state index in [-0.39, 0.29) is 0 Å². The summed E-state index contributed by atoms with van der Waals surface area (Å²) < 4.78 is 0. The number of hydrogen-bond donors (Lipinski definition) is 1. The highest BCUT2D eigenvalue weighted by Gasteiger charge is 2.11. The molecule has 0 unspecified atom stereocenters. The maximum Gasteiger partial charge on any atom is 0.122 e. The normalized spacial score (nSPS) is 10.9. The Morgan fingerprint density at radius 1 is 1.08 bits per heavy atom. The molecule has 0 atom stereocenters. The number of benzene rings is 1. The van der Waals surface area contributed by atoms with Crippen LogP contribution >= 0.6 is 0 Å². The third-order valence-corrected chi connectivity index (χ3v) is 2.78. The SMILES string of the molecule is Cc1cc(C(C)C)c(O)c(C)c1C. The molecule has 1 aromatic rings. The summed E-state index contributed by atoms with van der Waals surface area (Å²) in [7, 11) is 0. The van der Waals surface area contributed by atoms with Gasteiger partial charge in [0.05, 0.1) is 0 Å². The van der Waals surface area contributed by atoms with Gasteiger partial charge in [0.2, 0.25) is 0 Å². The number of phenolic OH excluding ortho intramolecular Hbond substituents is 1. The number of hydrogen-bond acceptors (Lipinski definition) is 1. The molecule has 1 rings (SSSR count). The van der Waals surface area contributed by atoms with Gasteiger partial charge in [0.25, 0.3) is 0 Å². The zero-order chi connectivity index (χ0) is 10.2. The molecule has 0 saturated heterocycles. The molecule has 0 aromatic heterocycles. The summed E-state index contributed by atoms with van der Waals surface area (Å²) in [4.78, 5) is 0. The molecule has 1 nitrogen and oxygen atoms in total. The zero-order valence-electron chi connectivity index (χ0n) is 9.10. The molecule has 1 N–H and O–H groups in total. The summed E-state index contributed by atoms with van der Waals surface area (Å²) in [5, 5.41) is 9.87. The largest absolute Gasteiger partial charge is 0.507 e. The number of rotatable bonds is 1. The summed E-state index contributed by atoms with van der Waals surface area (Å²) in [5.74, 6) is 0.858. The van der Waals surface area contributed by atoms with Crippen LogP contribution in [0.25, 0.3) is 0 Å². The molecule has 0 aliphatic rings. The van der Waals surface area contributed by atoms with Crippen LogP contribution in [0.1, 0.15) is 42.0 Å². The van der Waals surface area contributed by atoms with E-state index < -0.39 is 0 Å². The van der Waals surface area contributed by atoms with E-state index in [9.17, 15) is 5.11 Å². The molecule has 0 radical (unpaired) electrons. The summed E-state index contributed by atoms with van der Waals surface area (Å²) in [6.45, 7) is 10.3. The quantitative estimate of drug-likeness (QED) is 0.698. The van der Waals surface area contributed by atoms with Gasteiger partial charge in [0.15, 0.2) is 0 Å². The van der Waals surface area contributed by atoms with Crippen LogP contribution < -0.4 is 0 Å². The molecule has 1 aromatic carbocycles. The number of aromatic hydroxyl groups is 1. The van der Waals surface area contributed by atoms with E-state index in [0.29, 0.717) is 11.7 Å². The lowest BCUT2D eigenvalue weighted by Crippen LogP contribution is -1.95. The van der Waals surface area contributed by atoms with Crippen LogP contribution in [0.3, 0.4) is 0 Å². The van der Waals surface area contributed by atoms with Gasteiger partial charge in [-0.3, -0.25) is 0 Å². The lowest BCUT2D eigenvalue weighted by atomic mass is 9.93. The van der Waals surface area contributed by atoms with Crippen molar-refractivity contribution in [2.45, 2.75) is 40.5 Å².